The van der Waals surface area contributed by atoms with E-state index in [0.717, 1.165) is 0 Å². The molecule has 20 heavy (non-hydrogen) atoms. The van der Waals surface area contributed by atoms with Crippen molar-refractivity contribution in [1.29, 1.82) is 0 Å². The van der Waals surface area contributed by atoms with Crippen molar-refractivity contribution in [3.8, 4) is 0 Å². The highest BCUT2D eigenvalue weighted by molar-refractivity contribution is 7.85. The molecule has 0 aliphatic rings. The Morgan fingerprint density at radius 1 is 1.40 bits per heavy atom. The fourth-order valence-corrected chi connectivity index (χ4v) is 2.36. The zero-order valence-corrected chi connectivity index (χ0v) is 12.3. The molecule has 5 nitrogen and oxygen atoms in total. The molecule has 1 atom stereocenters. The lowest BCUT2D eigenvalue weighted by Gasteiger charge is -2.32. The molecule has 0 saturated carbocycles. The summed E-state index contributed by atoms with van der Waals surface area (Å²) < 4.78 is 42.9. The molecule has 0 aliphatic heterocycles. The highest BCUT2D eigenvalue weighted by Gasteiger charge is 2.28. The van der Waals surface area contributed by atoms with Crippen molar-refractivity contribution in [3.63, 3.8) is 0 Å². The summed E-state index contributed by atoms with van der Waals surface area (Å²) in [5.41, 5.74) is -0.315. The second-order valence-electron chi connectivity index (χ2n) is 5.25. The third-order valence-corrected chi connectivity index (χ3v) is 3.81. The van der Waals surface area contributed by atoms with Gasteiger partial charge in [-0.3, -0.25) is 4.55 Å². The second-order valence-corrected chi connectivity index (χ2v) is 6.82. The van der Waals surface area contributed by atoms with Crippen LogP contribution >= 0.6 is 0 Å². The molecule has 1 rings (SSSR count). The molecule has 0 aromatic heterocycles. The maximum atomic E-state index is 13.1. The minimum absolute atomic E-state index is 0.220. The predicted octanol–water partition coefficient (Wildman–Crippen LogP) is 1.51. The number of hydrogen-bond donors (Lipinski definition) is 3. The van der Waals surface area contributed by atoms with E-state index in [4.69, 9.17) is 4.55 Å². The highest BCUT2D eigenvalue weighted by Crippen LogP contribution is 2.25. The van der Waals surface area contributed by atoms with E-state index in [9.17, 15) is 17.9 Å². The molecule has 1 aromatic carbocycles. The van der Waals surface area contributed by atoms with Gasteiger partial charge in [0.05, 0.1) is 11.9 Å². The summed E-state index contributed by atoms with van der Waals surface area (Å²) in [6.45, 7) is 3.77. The van der Waals surface area contributed by atoms with Crippen LogP contribution in [0.2, 0.25) is 0 Å². The van der Waals surface area contributed by atoms with Gasteiger partial charge >= 0.3 is 0 Å². The molecule has 1 unspecified atom stereocenters. The van der Waals surface area contributed by atoms with Gasteiger partial charge in [-0.2, -0.15) is 8.42 Å². The number of aliphatic hydroxyl groups is 1. The van der Waals surface area contributed by atoms with Gasteiger partial charge in [0.25, 0.3) is 10.1 Å². The van der Waals surface area contributed by atoms with Crippen molar-refractivity contribution in [2.75, 3.05) is 12.3 Å². The zero-order chi connectivity index (χ0) is 15.4. The van der Waals surface area contributed by atoms with E-state index in [2.05, 4.69) is 5.32 Å². The summed E-state index contributed by atoms with van der Waals surface area (Å²) in [7, 11) is -3.97. The van der Waals surface area contributed by atoms with Crippen LogP contribution in [0, 0.1) is 5.82 Å². The van der Waals surface area contributed by atoms with Crippen LogP contribution in [0.25, 0.3) is 0 Å². The molecule has 3 N–H and O–H groups in total. The Morgan fingerprint density at radius 2 is 2.05 bits per heavy atom. The van der Waals surface area contributed by atoms with Crippen molar-refractivity contribution in [2.24, 2.45) is 0 Å². The molecule has 1 aromatic rings. The quantitative estimate of drug-likeness (QED) is 0.525. The Kier molecular flexibility index (Phi) is 5.64. The first-order chi connectivity index (χ1) is 9.12. The molecular formula is C13H20FNO4S. The van der Waals surface area contributed by atoms with Crippen molar-refractivity contribution in [2.45, 2.75) is 31.9 Å². The minimum Gasteiger partial charge on any atom is -0.386 e. The van der Waals surface area contributed by atoms with Gasteiger partial charge in [-0.1, -0.05) is 12.1 Å². The normalized spacial score (nSPS) is 14.2. The Bertz CT molecular complexity index is 545. The first kappa shape index (κ1) is 17.0. The van der Waals surface area contributed by atoms with Gasteiger partial charge < -0.3 is 10.4 Å². The molecule has 0 fully saturated rings. The van der Waals surface area contributed by atoms with Crippen molar-refractivity contribution < 1.29 is 22.5 Å². The largest absolute Gasteiger partial charge is 0.386 e. The molecule has 0 spiro atoms. The summed E-state index contributed by atoms with van der Waals surface area (Å²) in [4.78, 5) is 0. The summed E-state index contributed by atoms with van der Waals surface area (Å²) in [5, 5.41) is 13.2. The molecule has 114 valence electrons. The van der Waals surface area contributed by atoms with Gasteiger partial charge in [-0.25, -0.2) is 4.39 Å². The fraction of sp³-hybridized carbons (Fsp3) is 0.538. The third kappa shape index (κ3) is 5.54. The second kappa shape index (κ2) is 6.62. The number of halogens is 1. The SMILES string of the molecule is CC(C)(NCCCS(=O)(=O)O)C(O)c1cccc(F)c1. The lowest BCUT2D eigenvalue weighted by Crippen LogP contribution is -2.45. The molecule has 0 amide bonds. The van der Waals surface area contributed by atoms with E-state index in [1.165, 1.54) is 18.2 Å². The zero-order valence-electron chi connectivity index (χ0n) is 11.5. The number of rotatable bonds is 7. The first-order valence-corrected chi connectivity index (χ1v) is 7.86. The van der Waals surface area contributed by atoms with Crippen molar-refractivity contribution in [1.82, 2.24) is 5.32 Å². The van der Waals surface area contributed by atoms with E-state index in [0.29, 0.717) is 12.1 Å². The van der Waals surface area contributed by atoms with E-state index in [1.807, 2.05) is 0 Å². The van der Waals surface area contributed by atoms with Crippen LogP contribution in [0.1, 0.15) is 31.9 Å². The predicted molar refractivity (Wildman–Crippen MR) is 74.5 cm³/mol. The van der Waals surface area contributed by atoms with Crippen LogP contribution in [-0.2, 0) is 10.1 Å². The Labute approximate surface area is 118 Å². The van der Waals surface area contributed by atoms with Crippen LogP contribution in [0.5, 0.6) is 0 Å². The van der Waals surface area contributed by atoms with Crippen LogP contribution in [0.4, 0.5) is 4.39 Å². The summed E-state index contributed by atoms with van der Waals surface area (Å²) in [6.07, 6.45) is -0.720. The molecule has 0 aliphatic carbocycles. The van der Waals surface area contributed by atoms with E-state index >= 15 is 0 Å². The Morgan fingerprint density at radius 3 is 2.60 bits per heavy atom. The molecule has 0 heterocycles. The lowest BCUT2D eigenvalue weighted by atomic mass is 9.91. The maximum Gasteiger partial charge on any atom is 0.264 e. The van der Waals surface area contributed by atoms with Crippen LogP contribution < -0.4 is 5.32 Å². The number of nitrogens with one attached hydrogen (secondary N) is 1. The fourth-order valence-electron chi connectivity index (χ4n) is 1.86. The van der Waals surface area contributed by atoms with Gasteiger partial charge in [0.1, 0.15) is 5.82 Å². The van der Waals surface area contributed by atoms with E-state index in [-0.39, 0.29) is 12.2 Å². The van der Waals surface area contributed by atoms with Gasteiger partial charge in [0.2, 0.25) is 0 Å². The summed E-state index contributed by atoms with van der Waals surface area (Å²) >= 11 is 0. The standard InChI is InChI=1S/C13H20FNO4S/c1-13(2,15-7-4-8-20(17,18)19)12(16)10-5-3-6-11(14)9-10/h3,5-6,9,12,15-16H,4,7-8H2,1-2H3,(H,17,18,19). The molecule has 0 saturated heterocycles. The van der Waals surface area contributed by atoms with Crippen LogP contribution in [0.3, 0.4) is 0 Å². The maximum absolute atomic E-state index is 13.1. The van der Waals surface area contributed by atoms with Gasteiger partial charge in [-0.05, 0) is 44.5 Å². The molecule has 7 heteroatoms. The monoisotopic (exact) mass is 305 g/mol. The molecular weight excluding hydrogens is 285 g/mol. The minimum atomic E-state index is -3.97. The van der Waals surface area contributed by atoms with Gasteiger partial charge in [-0.15, -0.1) is 0 Å². The van der Waals surface area contributed by atoms with Crippen LogP contribution in [0.15, 0.2) is 24.3 Å². The molecule has 0 radical (unpaired) electrons. The third-order valence-electron chi connectivity index (χ3n) is 3.01. The average Bonchev–Trinajstić information content (AvgIpc) is 2.32. The average molecular weight is 305 g/mol. The number of hydrogen-bond acceptors (Lipinski definition) is 4. The highest BCUT2D eigenvalue weighted by atomic mass is 32.2. The van der Waals surface area contributed by atoms with Gasteiger partial charge in [0.15, 0.2) is 0 Å². The van der Waals surface area contributed by atoms with Crippen molar-refractivity contribution >= 4 is 10.1 Å². The number of benzene rings is 1. The van der Waals surface area contributed by atoms with Crippen LogP contribution in [-0.4, -0.2) is 35.9 Å². The molecule has 0 bridgehead atoms. The Hall–Kier alpha value is -1.02. The van der Waals surface area contributed by atoms with Gasteiger partial charge in [0, 0.05) is 5.54 Å². The lowest BCUT2D eigenvalue weighted by molar-refractivity contribution is 0.0803. The summed E-state index contributed by atoms with van der Waals surface area (Å²) in [6, 6.07) is 5.69. The topological polar surface area (TPSA) is 86.6 Å². The summed E-state index contributed by atoms with van der Waals surface area (Å²) in [5.74, 6) is -0.768. The van der Waals surface area contributed by atoms with Crippen molar-refractivity contribution in [3.05, 3.63) is 35.6 Å². The smallest absolute Gasteiger partial charge is 0.264 e. The Balaban J connectivity index is 2.59. The van der Waals surface area contributed by atoms with E-state index < -0.39 is 27.6 Å². The number of aliphatic hydroxyl groups excluding tert-OH is 1. The first-order valence-electron chi connectivity index (χ1n) is 6.25. The van der Waals surface area contributed by atoms with E-state index in [1.54, 1.807) is 19.9 Å².